The molecule has 1 aliphatic heterocycles. The maximum Gasteiger partial charge on any atom is 0.168 e. The Balaban J connectivity index is 1.65. The molecular formula is C17H33NO2. The van der Waals surface area contributed by atoms with Crippen molar-refractivity contribution in [2.24, 2.45) is 5.41 Å². The molecule has 1 spiro atoms. The van der Waals surface area contributed by atoms with Crippen LogP contribution in [-0.2, 0) is 9.47 Å². The molecule has 0 aromatic carbocycles. The largest absolute Gasteiger partial charge is 0.348 e. The first-order chi connectivity index (χ1) is 9.55. The molecule has 0 radical (unpaired) electrons. The summed E-state index contributed by atoms with van der Waals surface area (Å²) < 4.78 is 11.6. The average molecular weight is 283 g/mol. The van der Waals surface area contributed by atoms with E-state index in [4.69, 9.17) is 9.47 Å². The van der Waals surface area contributed by atoms with Crippen molar-refractivity contribution in [1.29, 1.82) is 0 Å². The van der Waals surface area contributed by atoms with Crippen LogP contribution in [0.1, 0.15) is 72.1 Å². The Hall–Kier alpha value is -0.120. The van der Waals surface area contributed by atoms with Crippen molar-refractivity contribution in [3.63, 3.8) is 0 Å². The second kappa shape index (κ2) is 7.24. The molecule has 3 heteroatoms. The van der Waals surface area contributed by atoms with Crippen LogP contribution in [-0.4, -0.2) is 31.6 Å². The van der Waals surface area contributed by atoms with E-state index < -0.39 is 0 Å². The Labute approximate surface area is 124 Å². The van der Waals surface area contributed by atoms with Crippen LogP contribution in [0.2, 0.25) is 0 Å². The maximum atomic E-state index is 5.79. The second-order valence-corrected chi connectivity index (χ2v) is 7.38. The lowest BCUT2D eigenvalue weighted by molar-refractivity contribution is -0.179. The minimum atomic E-state index is -0.213. The second-order valence-electron chi connectivity index (χ2n) is 7.38. The van der Waals surface area contributed by atoms with Crippen molar-refractivity contribution < 1.29 is 9.47 Å². The molecule has 2 fully saturated rings. The fourth-order valence-corrected chi connectivity index (χ4v) is 3.41. The quantitative estimate of drug-likeness (QED) is 0.720. The van der Waals surface area contributed by atoms with Gasteiger partial charge < -0.3 is 14.8 Å². The van der Waals surface area contributed by atoms with Gasteiger partial charge in [-0.05, 0) is 24.7 Å². The lowest BCUT2D eigenvalue weighted by atomic mass is 9.85. The lowest BCUT2D eigenvalue weighted by Gasteiger charge is -2.37. The van der Waals surface area contributed by atoms with Gasteiger partial charge in [0.2, 0.25) is 0 Å². The van der Waals surface area contributed by atoms with Crippen molar-refractivity contribution in [1.82, 2.24) is 5.32 Å². The third kappa shape index (κ3) is 4.71. The number of rotatable bonds is 7. The first-order valence-electron chi connectivity index (χ1n) is 8.57. The lowest BCUT2D eigenvalue weighted by Crippen LogP contribution is -2.44. The molecule has 3 nitrogen and oxygen atoms in total. The number of unbranched alkanes of at least 4 members (excludes halogenated alkanes) is 2. The number of nitrogens with one attached hydrogen (secondary N) is 1. The van der Waals surface area contributed by atoms with E-state index in [0.717, 1.165) is 32.6 Å². The third-order valence-corrected chi connectivity index (χ3v) is 4.89. The van der Waals surface area contributed by atoms with Crippen LogP contribution < -0.4 is 5.32 Å². The van der Waals surface area contributed by atoms with Gasteiger partial charge in [-0.15, -0.1) is 0 Å². The molecule has 1 saturated carbocycles. The van der Waals surface area contributed by atoms with Crippen LogP contribution in [0.3, 0.4) is 0 Å². The van der Waals surface area contributed by atoms with Gasteiger partial charge in [0.15, 0.2) is 5.79 Å². The molecule has 0 atom stereocenters. The molecule has 1 heterocycles. The van der Waals surface area contributed by atoms with Gasteiger partial charge in [0.05, 0.1) is 13.2 Å². The minimum Gasteiger partial charge on any atom is -0.348 e. The van der Waals surface area contributed by atoms with Crippen molar-refractivity contribution in [3.05, 3.63) is 0 Å². The topological polar surface area (TPSA) is 30.5 Å². The van der Waals surface area contributed by atoms with Crippen molar-refractivity contribution in [3.8, 4) is 0 Å². The van der Waals surface area contributed by atoms with Gasteiger partial charge in [0.1, 0.15) is 0 Å². The Bertz CT molecular complexity index is 275. The molecule has 1 N–H and O–H groups in total. The van der Waals surface area contributed by atoms with E-state index in [1.165, 1.54) is 38.5 Å². The summed E-state index contributed by atoms with van der Waals surface area (Å²) in [6.45, 7) is 9.75. The van der Waals surface area contributed by atoms with Crippen molar-refractivity contribution in [2.45, 2.75) is 84.0 Å². The molecule has 0 bridgehead atoms. The number of hydrogen-bond donors (Lipinski definition) is 1. The molecule has 1 aliphatic carbocycles. The molecule has 2 aliphatic rings. The monoisotopic (exact) mass is 283 g/mol. The summed E-state index contributed by atoms with van der Waals surface area (Å²) in [7, 11) is 0. The highest BCUT2D eigenvalue weighted by atomic mass is 16.7. The van der Waals surface area contributed by atoms with Gasteiger partial charge in [-0.1, -0.05) is 40.0 Å². The van der Waals surface area contributed by atoms with Gasteiger partial charge in [0, 0.05) is 25.4 Å². The SMILES string of the molecule is CCCCCC(C)(C)CNC1CCC2(CC1)OCCO2. The van der Waals surface area contributed by atoms with Crippen LogP contribution >= 0.6 is 0 Å². The highest BCUT2D eigenvalue weighted by Crippen LogP contribution is 2.36. The Kier molecular flexibility index (Phi) is 5.88. The Morgan fingerprint density at radius 1 is 1.10 bits per heavy atom. The summed E-state index contributed by atoms with van der Waals surface area (Å²) in [4.78, 5) is 0. The molecule has 0 amide bonds. The molecule has 1 saturated heterocycles. The van der Waals surface area contributed by atoms with Gasteiger partial charge in [0.25, 0.3) is 0 Å². The highest BCUT2D eigenvalue weighted by Gasteiger charge is 2.40. The molecule has 118 valence electrons. The summed E-state index contributed by atoms with van der Waals surface area (Å²) in [5.41, 5.74) is 0.421. The fraction of sp³-hybridized carbons (Fsp3) is 1.00. The van der Waals surface area contributed by atoms with E-state index in [-0.39, 0.29) is 5.79 Å². The zero-order valence-corrected chi connectivity index (χ0v) is 13.7. The van der Waals surface area contributed by atoms with Crippen LogP contribution in [0.4, 0.5) is 0 Å². The summed E-state index contributed by atoms with van der Waals surface area (Å²) in [6, 6.07) is 0.652. The van der Waals surface area contributed by atoms with Crippen LogP contribution in [0.15, 0.2) is 0 Å². The predicted octanol–water partition coefficient (Wildman–Crippen LogP) is 3.87. The van der Waals surface area contributed by atoms with E-state index in [0.29, 0.717) is 11.5 Å². The predicted molar refractivity (Wildman–Crippen MR) is 82.8 cm³/mol. The summed E-state index contributed by atoms with van der Waals surface area (Å²) >= 11 is 0. The number of hydrogen-bond acceptors (Lipinski definition) is 3. The first kappa shape index (κ1) is 16.3. The molecular weight excluding hydrogens is 250 g/mol. The van der Waals surface area contributed by atoms with Gasteiger partial charge in [-0.25, -0.2) is 0 Å². The summed E-state index contributed by atoms with van der Waals surface area (Å²) in [5, 5.41) is 3.78. The smallest absolute Gasteiger partial charge is 0.168 e. The normalized spacial score (nSPS) is 23.6. The van der Waals surface area contributed by atoms with Crippen molar-refractivity contribution >= 4 is 0 Å². The Morgan fingerprint density at radius 3 is 2.35 bits per heavy atom. The first-order valence-corrected chi connectivity index (χ1v) is 8.57. The van der Waals surface area contributed by atoms with Crippen LogP contribution in [0, 0.1) is 5.41 Å². The molecule has 0 unspecified atom stereocenters. The zero-order chi connectivity index (χ0) is 14.5. The van der Waals surface area contributed by atoms with E-state index in [2.05, 4.69) is 26.1 Å². The van der Waals surface area contributed by atoms with Gasteiger partial charge >= 0.3 is 0 Å². The molecule has 2 rings (SSSR count). The highest BCUT2D eigenvalue weighted by molar-refractivity contribution is 4.86. The Morgan fingerprint density at radius 2 is 1.75 bits per heavy atom. The van der Waals surface area contributed by atoms with Gasteiger partial charge in [-0.3, -0.25) is 0 Å². The maximum absolute atomic E-state index is 5.79. The third-order valence-electron chi connectivity index (χ3n) is 4.89. The molecule has 0 aromatic rings. The molecule has 20 heavy (non-hydrogen) atoms. The van der Waals surface area contributed by atoms with Crippen molar-refractivity contribution in [2.75, 3.05) is 19.8 Å². The average Bonchev–Trinajstić information content (AvgIpc) is 2.87. The summed E-state index contributed by atoms with van der Waals surface area (Å²) in [5.74, 6) is -0.213. The van der Waals surface area contributed by atoms with E-state index in [1.807, 2.05) is 0 Å². The van der Waals surface area contributed by atoms with E-state index in [1.54, 1.807) is 0 Å². The van der Waals surface area contributed by atoms with Crippen LogP contribution in [0.5, 0.6) is 0 Å². The van der Waals surface area contributed by atoms with Crippen LogP contribution in [0.25, 0.3) is 0 Å². The standard InChI is InChI=1S/C17H33NO2/c1-4-5-6-9-16(2,3)14-18-15-7-10-17(11-8-15)19-12-13-20-17/h15,18H,4-14H2,1-3H3. The number of ether oxygens (including phenoxy) is 2. The minimum absolute atomic E-state index is 0.213. The summed E-state index contributed by atoms with van der Waals surface area (Å²) in [6.07, 6.45) is 9.85. The van der Waals surface area contributed by atoms with Gasteiger partial charge in [-0.2, -0.15) is 0 Å². The van der Waals surface area contributed by atoms with E-state index in [9.17, 15) is 0 Å². The molecule has 0 aromatic heterocycles. The fourth-order valence-electron chi connectivity index (χ4n) is 3.41. The van der Waals surface area contributed by atoms with E-state index >= 15 is 0 Å². The zero-order valence-electron chi connectivity index (χ0n) is 13.7.